The smallest absolute Gasteiger partial charge is 0.278 e. The van der Waals surface area contributed by atoms with Crippen LogP contribution in [-0.2, 0) is 16.1 Å². The topological polar surface area (TPSA) is 89.3 Å². The molecule has 0 unspecified atom stereocenters. The molecule has 8 nitrogen and oxygen atoms in total. The van der Waals surface area contributed by atoms with Gasteiger partial charge < -0.3 is 15.0 Å². The molecular formula is C19H19N5O3. The van der Waals surface area contributed by atoms with E-state index in [9.17, 15) is 9.59 Å². The number of rotatable bonds is 4. The first-order chi connectivity index (χ1) is 13.2. The molecule has 1 aliphatic heterocycles. The van der Waals surface area contributed by atoms with Crippen LogP contribution >= 0.6 is 0 Å². The van der Waals surface area contributed by atoms with Gasteiger partial charge in [-0.05, 0) is 36.4 Å². The molecule has 1 saturated heterocycles. The summed E-state index contributed by atoms with van der Waals surface area (Å²) in [5, 5.41) is 11.0. The number of hydrogen-bond acceptors (Lipinski definition) is 6. The van der Waals surface area contributed by atoms with Gasteiger partial charge in [-0.15, -0.1) is 5.10 Å². The molecule has 0 saturated carbocycles. The van der Waals surface area contributed by atoms with Gasteiger partial charge in [-0.1, -0.05) is 17.3 Å². The maximum Gasteiger partial charge on any atom is 0.278 e. The zero-order valence-corrected chi connectivity index (χ0v) is 14.7. The molecular weight excluding hydrogens is 346 g/mol. The van der Waals surface area contributed by atoms with Gasteiger partial charge in [0.1, 0.15) is 12.1 Å². The summed E-state index contributed by atoms with van der Waals surface area (Å²) >= 11 is 0. The molecule has 0 spiro atoms. The van der Waals surface area contributed by atoms with E-state index in [1.165, 1.54) is 0 Å². The van der Waals surface area contributed by atoms with E-state index >= 15 is 0 Å². The van der Waals surface area contributed by atoms with E-state index in [-0.39, 0.29) is 18.0 Å². The number of anilines is 2. The average Bonchev–Trinajstić information content (AvgIpc) is 2.71. The lowest BCUT2D eigenvalue weighted by Gasteiger charge is -2.28. The number of hydrogen-bond donors (Lipinski definition) is 1. The van der Waals surface area contributed by atoms with Gasteiger partial charge in [-0.25, -0.2) is 4.68 Å². The third kappa shape index (κ3) is 3.80. The van der Waals surface area contributed by atoms with Gasteiger partial charge in [0.2, 0.25) is 5.91 Å². The minimum atomic E-state index is -0.335. The van der Waals surface area contributed by atoms with E-state index in [2.05, 4.69) is 20.5 Å². The molecule has 0 radical (unpaired) electrons. The zero-order valence-electron chi connectivity index (χ0n) is 14.7. The molecule has 1 amide bonds. The number of carbonyl (C=O) groups is 1. The van der Waals surface area contributed by atoms with Crippen molar-refractivity contribution in [2.24, 2.45) is 0 Å². The fourth-order valence-corrected chi connectivity index (χ4v) is 3.04. The predicted molar refractivity (Wildman–Crippen MR) is 102 cm³/mol. The Hall–Kier alpha value is -3.26. The molecule has 0 bridgehead atoms. The van der Waals surface area contributed by atoms with E-state index in [1.54, 1.807) is 24.3 Å². The fraction of sp³-hybridized carbons (Fsp3) is 0.263. The SMILES string of the molecule is O=C(Cn1nnc2ccccc2c1=O)Nc1ccc(N2CCOCC2)cc1. The van der Waals surface area contributed by atoms with Gasteiger partial charge in [0, 0.05) is 24.5 Å². The van der Waals surface area contributed by atoms with Crippen LogP contribution in [0.15, 0.2) is 53.3 Å². The van der Waals surface area contributed by atoms with Crippen LogP contribution in [0.5, 0.6) is 0 Å². The van der Waals surface area contributed by atoms with Gasteiger partial charge in [0.15, 0.2) is 0 Å². The Labute approximate surface area is 155 Å². The van der Waals surface area contributed by atoms with Crippen LogP contribution in [0.1, 0.15) is 0 Å². The molecule has 3 aromatic rings. The minimum Gasteiger partial charge on any atom is -0.378 e. The van der Waals surface area contributed by atoms with Gasteiger partial charge in [0.05, 0.1) is 18.6 Å². The number of benzene rings is 2. The van der Waals surface area contributed by atoms with Crippen molar-refractivity contribution < 1.29 is 9.53 Å². The minimum absolute atomic E-state index is 0.193. The quantitative estimate of drug-likeness (QED) is 0.749. The highest BCUT2D eigenvalue weighted by Gasteiger charge is 2.12. The lowest BCUT2D eigenvalue weighted by molar-refractivity contribution is -0.117. The molecule has 1 N–H and O–H groups in total. The van der Waals surface area contributed by atoms with E-state index < -0.39 is 0 Å². The number of morpholine rings is 1. The van der Waals surface area contributed by atoms with Gasteiger partial charge in [-0.2, -0.15) is 0 Å². The summed E-state index contributed by atoms with van der Waals surface area (Å²) in [5.41, 5.74) is 1.93. The maximum atomic E-state index is 12.4. The average molecular weight is 365 g/mol. The number of fused-ring (bicyclic) bond motifs is 1. The standard InChI is InChI=1S/C19H19N5O3/c25-18(13-24-19(26)16-3-1-2-4-17(16)21-22-24)20-14-5-7-15(8-6-14)23-9-11-27-12-10-23/h1-8H,9-13H2,(H,20,25). The zero-order chi connectivity index (χ0) is 18.6. The van der Waals surface area contributed by atoms with Crippen molar-refractivity contribution in [1.29, 1.82) is 0 Å². The third-order valence-electron chi connectivity index (χ3n) is 4.45. The Morgan fingerprint density at radius 1 is 1.07 bits per heavy atom. The summed E-state index contributed by atoms with van der Waals surface area (Å²) in [6.45, 7) is 2.96. The predicted octanol–water partition coefficient (Wildman–Crippen LogP) is 1.27. The van der Waals surface area contributed by atoms with Crippen LogP contribution < -0.4 is 15.8 Å². The number of aromatic nitrogens is 3. The summed E-state index contributed by atoms with van der Waals surface area (Å²) in [6, 6.07) is 14.5. The molecule has 27 heavy (non-hydrogen) atoms. The van der Waals surface area contributed by atoms with Crippen LogP contribution in [0.25, 0.3) is 10.9 Å². The van der Waals surface area contributed by atoms with Gasteiger partial charge >= 0.3 is 0 Å². The highest BCUT2D eigenvalue weighted by Crippen LogP contribution is 2.19. The third-order valence-corrected chi connectivity index (χ3v) is 4.45. The van der Waals surface area contributed by atoms with Crippen molar-refractivity contribution >= 4 is 28.2 Å². The van der Waals surface area contributed by atoms with E-state index in [0.29, 0.717) is 16.6 Å². The Bertz CT molecular complexity index is 1010. The normalized spacial score (nSPS) is 14.3. The van der Waals surface area contributed by atoms with Gasteiger partial charge in [-0.3, -0.25) is 9.59 Å². The monoisotopic (exact) mass is 365 g/mol. The number of carbonyl (C=O) groups excluding carboxylic acids is 1. The van der Waals surface area contributed by atoms with Crippen LogP contribution in [0.4, 0.5) is 11.4 Å². The molecule has 1 fully saturated rings. The lowest BCUT2D eigenvalue weighted by atomic mass is 10.2. The van der Waals surface area contributed by atoms with E-state index in [1.807, 2.05) is 24.3 Å². The summed E-state index contributed by atoms with van der Waals surface area (Å²) in [6.07, 6.45) is 0. The molecule has 0 atom stereocenters. The molecule has 0 aliphatic carbocycles. The Morgan fingerprint density at radius 3 is 2.59 bits per heavy atom. The Morgan fingerprint density at radius 2 is 1.81 bits per heavy atom. The Balaban J connectivity index is 1.43. The van der Waals surface area contributed by atoms with Crippen molar-refractivity contribution in [3.63, 3.8) is 0 Å². The number of nitrogens with zero attached hydrogens (tertiary/aromatic N) is 4. The molecule has 1 aromatic heterocycles. The molecule has 2 heterocycles. The molecule has 2 aromatic carbocycles. The first kappa shape index (κ1) is 17.2. The van der Waals surface area contributed by atoms with Crippen molar-refractivity contribution in [3.8, 4) is 0 Å². The van der Waals surface area contributed by atoms with Crippen LogP contribution in [0, 0.1) is 0 Å². The van der Waals surface area contributed by atoms with Gasteiger partial charge in [0.25, 0.3) is 5.56 Å². The highest BCUT2D eigenvalue weighted by molar-refractivity contribution is 5.90. The first-order valence-corrected chi connectivity index (χ1v) is 8.76. The van der Waals surface area contributed by atoms with Crippen molar-refractivity contribution in [2.45, 2.75) is 6.54 Å². The lowest BCUT2D eigenvalue weighted by Crippen LogP contribution is -2.36. The number of amides is 1. The molecule has 138 valence electrons. The molecule has 8 heteroatoms. The number of ether oxygens (including phenoxy) is 1. The second-order valence-electron chi connectivity index (χ2n) is 6.26. The summed E-state index contributed by atoms with van der Waals surface area (Å²) in [4.78, 5) is 26.9. The second kappa shape index (κ2) is 7.55. The maximum absolute atomic E-state index is 12.4. The number of nitrogens with one attached hydrogen (secondary N) is 1. The van der Waals surface area contributed by atoms with Crippen molar-refractivity contribution in [1.82, 2.24) is 15.0 Å². The second-order valence-corrected chi connectivity index (χ2v) is 6.26. The fourth-order valence-electron chi connectivity index (χ4n) is 3.04. The van der Waals surface area contributed by atoms with Crippen molar-refractivity contribution in [3.05, 3.63) is 58.9 Å². The van der Waals surface area contributed by atoms with E-state index in [4.69, 9.17) is 4.74 Å². The largest absolute Gasteiger partial charge is 0.378 e. The molecule has 4 rings (SSSR count). The van der Waals surface area contributed by atoms with Crippen LogP contribution in [-0.4, -0.2) is 47.2 Å². The summed E-state index contributed by atoms with van der Waals surface area (Å²) in [5.74, 6) is -0.333. The Kier molecular flexibility index (Phi) is 4.80. The van der Waals surface area contributed by atoms with E-state index in [0.717, 1.165) is 36.7 Å². The summed E-state index contributed by atoms with van der Waals surface area (Å²) in [7, 11) is 0. The summed E-state index contributed by atoms with van der Waals surface area (Å²) < 4.78 is 6.42. The van der Waals surface area contributed by atoms with Crippen molar-refractivity contribution in [2.75, 3.05) is 36.5 Å². The van der Waals surface area contributed by atoms with Crippen LogP contribution in [0.2, 0.25) is 0 Å². The first-order valence-electron chi connectivity index (χ1n) is 8.76. The van der Waals surface area contributed by atoms with Crippen LogP contribution in [0.3, 0.4) is 0 Å². The molecule has 1 aliphatic rings. The highest BCUT2D eigenvalue weighted by atomic mass is 16.5.